The summed E-state index contributed by atoms with van der Waals surface area (Å²) in [6.45, 7) is 3.69. The molecule has 1 unspecified atom stereocenters. The zero-order valence-electron chi connectivity index (χ0n) is 12.4. The Bertz CT molecular complexity index is 650. The van der Waals surface area contributed by atoms with Crippen LogP contribution in [0, 0.1) is 5.92 Å². The number of fused-ring (bicyclic) bond motifs is 4. The van der Waals surface area contributed by atoms with Crippen molar-refractivity contribution in [1.29, 1.82) is 0 Å². The molecule has 0 saturated carbocycles. The number of hydrogen-bond acceptors (Lipinski definition) is 4. The Kier molecular flexibility index (Phi) is 3.19. The molecule has 1 aromatic carbocycles. The van der Waals surface area contributed by atoms with Crippen LogP contribution in [0.3, 0.4) is 0 Å². The SMILES string of the molecule is COc1ccc2c(NC3CN4CCC3CC4)nccc2c1. The first-order valence-electron chi connectivity index (χ1n) is 7.75. The maximum Gasteiger partial charge on any atom is 0.134 e. The monoisotopic (exact) mass is 283 g/mol. The van der Waals surface area contributed by atoms with Crippen LogP contribution < -0.4 is 10.1 Å². The molecule has 1 N–H and O–H groups in total. The van der Waals surface area contributed by atoms with E-state index in [9.17, 15) is 0 Å². The van der Waals surface area contributed by atoms with Gasteiger partial charge >= 0.3 is 0 Å². The zero-order chi connectivity index (χ0) is 14.2. The van der Waals surface area contributed by atoms with Gasteiger partial charge < -0.3 is 15.0 Å². The number of benzene rings is 1. The van der Waals surface area contributed by atoms with Crippen LogP contribution in [0.25, 0.3) is 10.8 Å². The minimum atomic E-state index is 0.535. The van der Waals surface area contributed by atoms with Crippen molar-refractivity contribution in [2.75, 3.05) is 32.1 Å². The first-order valence-corrected chi connectivity index (χ1v) is 7.75. The molecule has 0 spiro atoms. The number of rotatable bonds is 3. The standard InChI is InChI=1S/C17H21N3O/c1-21-14-2-3-15-13(10-14)4-7-18-17(15)19-16-11-20-8-5-12(16)6-9-20/h2-4,7,10,12,16H,5-6,8-9,11H2,1H3,(H,18,19). The molecule has 3 aliphatic heterocycles. The molecular formula is C17H21N3O. The molecule has 0 aliphatic carbocycles. The second-order valence-electron chi connectivity index (χ2n) is 6.14. The van der Waals surface area contributed by atoms with Gasteiger partial charge in [0.1, 0.15) is 11.6 Å². The molecule has 1 atom stereocenters. The average molecular weight is 283 g/mol. The second-order valence-corrected chi connectivity index (χ2v) is 6.14. The Hall–Kier alpha value is -1.81. The summed E-state index contributed by atoms with van der Waals surface area (Å²) in [5.74, 6) is 2.70. The summed E-state index contributed by atoms with van der Waals surface area (Å²) >= 11 is 0. The van der Waals surface area contributed by atoms with Crippen LogP contribution in [0.5, 0.6) is 5.75 Å². The third kappa shape index (κ3) is 2.33. The number of ether oxygens (including phenoxy) is 1. The number of aromatic nitrogens is 1. The number of piperidine rings is 3. The molecule has 3 aliphatic rings. The normalized spacial score (nSPS) is 27.8. The van der Waals surface area contributed by atoms with Crippen molar-refractivity contribution >= 4 is 16.6 Å². The fraction of sp³-hybridized carbons (Fsp3) is 0.471. The number of pyridine rings is 1. The predicted octanol–water partition coefficient (Wildman–Crippen LogP) is 2.75. The number of hydrogen-bond donors (Lipinski definition) is 1. The molecule has 1 aromatic heterocycles. The molecule has 0 amide bonds. The van der Waals surface area contributed by atoms with Gasteiger partial charge in [0.05, 0.1) is 7.11 Å². The lowest BCUT2D eigenvalue weighted by Gasteiger charge is -2.45. The van der Waals surface area contributed by atoms with Crippen molar-refractivity contribution < 1.29 is 4.74 Å². The summed E-state index contributed by atoms with van der Waals surface area (Å²) in [6, 6.07) is 8.75. The number of methoxy groups -OCH3 is 1. The van der Waals surface area contributed by atoms with Gasteiger partial charge in [-0.05, 0) is 61.5 Å². The van der Waals surface area contributed by atoms with Crippen molar-refractivity contribution in [2.45, 2.75) is 18.9 Å². The highest BCUT2D eigenvalue weighted by Crippen LogP contribution is 2.31. The van der Waals surface area contributed by atoms with Gasteiger partial charge in [-0.25, -0.2) is 4.98 Å². The van der Waals surface area contributed by atoms with Crippen LogP contribution >= 0.6 is 0 Å². The van der Waals surface area contributed by atoms with Crippen molar-refractivity contribution in [3.05, 3.63) is 30.5 Å². The predicted molar refractivity (Wildman–Crippen MR) is 84.9 cm³/mol. The first kappa shape index (κ1) is 12.9. The number of nitrogens with zero attached hydrogens (tertiary/aromatic N) is 2. The van der Waals surface area contributed by atoms with E-state index in [0.29, 0.717) is 6.04 Å². The number of anilines is 1. The van der Waals surface area contributed by atoms with E-state index >= 15 is 0 Å². The van der Waals surface area contributed by atoms with Gasteiger partial charge in [-0.2, -0.15) is 0 Å². The maximum absolute atomic E-state index is 5.30. The molecule has 3 saturated heterocycles. The molecule has 0 radical (unpaired) electrons. The Labute approximate surface area is 125 Å². The lowest BCUT2D eigenvalue weighted by molar-refractivity contribution is 0.0974. The second kappa shape index (κ2) is 5.19. The largest absolute Gasteiger partial charge is 0.497 e. The van der Waals surface area contributed by atoms with E-state index in [-0.39, 0.29) is 0 Å². The highest BCUT2D eigenvalue weighted by Gasteiger charge is 2.34. The molecule has 4 nitrogen and oxygen atoms in total. The Morgan fingerprint density at radius 3 is 2.81 bits per heavy atom. The van der Waals surface area contributed by atoms with E-state index in [4.69, 9.17) is 4.74 Å². The Morgan fingerprint density at radius 2 is 2.10 bits per heavy atom. The molecule has 2 bridgehead atoms. The maximum atomic E-state index is 5.30. The lowest BCUT2D eigenvalue weighted by Crippen LogP contribution is -2.53. The molecule has 4 heterocycles. The topological polar surface area (TPSA) is 37.4 Å². The van der Waals surface area contributed by atoms with E-state index in [2.05, 4.69) is 27.3 Å². The summed E-state index contributed by atoms with van der Waals surface area (Å²) in [6.07, 6.45) is 4.51. The molecule has 5 rings (SSSR count). The molecule has 21 heavy (non-hydrogen) atoms. The van der Waals surface area contributed by atoms with Crippen molar-refractivity contribution in [3.63, 3.8) is 0 Å². The molecular weight excluding hydrogens is 262 g/mol. The summed E-state index contributed by atoms with van der Waals surface area (Å²) in [4.78, 5) is 7.13. The van der Waals surface area contributed by atoms with E-state index in [0.717, 1.165) is 24.0 Å². The number of nitrogens with one attached hydrogen (secondary N) is 1. The van der Waals surface area contributed by atoms with E-state index < -0.39 is 0 Å². The average Bonchev–Trinajstić information content (AvgIpc) is 2.56. The zero-order valence-corrected chi connectivity index (χ0v) is 12.4. The van der Waals surface area contributed by atoms with Crippen LogP contribution in [-0.4, -0.2) is 42.7 Å². The van der Waals surface area contributed by atoms with E-state index in [1.807, 2.05) is 18.3 Å². The van der Waals surface area contributed by atoms with Gasteiger partial charge in [0.2, 0.25) is 0 Å². The summed E-state index contributed by atoms with van der Waals surface area (Å²) < 4.78 is 5.30. The summed E-state index contributed by atoms with van der Waals surface area (Å²) in [5.41, 5.74) is 0. The van der Waals surface area contributed by atoms with Gasteiger partial charge in [0.15, 0.2) is 0 Å². The molecule has 2 aromatic rings. The molecule has 110 valence electrons. The fourth-order valence-corrected chi connectivity index (χ4v) is 3.70. The first-order chi connectivity index (χ1) is 10.3. The van der Waals surface area contributed by atoms with Crippen LogP contribution in [0.15, 0.2) is 30.5 Å². The highest BCUT2D eigenvalue weighted by molar-refractivity contribution is 5.92. The fourth-order valence-electron chi connectivity index (χ4n) is 3.70. The van der Waals surface area contributed by atoms with Gasteiger partial charge in [0, 0.05) is 24.2 Å². The summed E-state index contributed by atoms with van der Waals surface area (Å²) in [5, 5.41) is 6.05. The van der Waals surface area contributed by atoms with Crippen LogP contribution in [0.4, 0.5) is 5.82 Å². The minimum Gasteiger partial charge on any atom is -0.497 e. The van der Waals surface area contributed by atoms with Gasteiger partial charge in [-0.1, -0.05) is 0 Å². The quantitative estimate of drug-likeness (QED) is 0.940. The highest BCUT2D eigenvalue weighted by atomic mass is 16.5. The van der Waals surface area contributed by atoms with Crippen molar-refractivity contribution in [1.82, 2.24) is 9.88 Å². The summed E-state index contributed by atoms with van der Waals surface area (Å²) in [7, 11) is 1.70. The van der Waals surface area contributed by atoms with Gasteiger partial charge in [-0.15, -0.1) is 0 Å². The van der Waals surface area contributed by atoms with Gasteiger partial charge in [-0.3, -0.25) is 0 Å². The van der Waals surface area contributed by atoms with Crippen LogP contribution in [-0.2, 0) is 0 Å². The Morgan fingerprint density at radius 1 is 1.24 bits per heavy atom. The smallest absolute Gasteiger partial charge is 0.134 e. The third-order valence-corrected chi connectivity index (χ3v) is 4.95. The lowest BCUT2D eigenvalue weighted by atomic mass is 9.84. The van der Waals surface area contributed by atoms with Crippen molar-refractivity contribution in [3.8, 4) is 5.75 Å². The third-order valence-electron chi connectivity index (χ3n) is 4.95. The van der Waals surface area contributed by atoms with Crippen molar-refractivity contribution in [2.24, 2.45) is 5.92 Å². The molecule has 4 heteroatoms. The van der Waals surface area contributed by atoms with Crippen LogP contribution in [0.1, 0.15) is 12.8 Å². The van der Waals surface area contributed by atoms with Gasteiger partial charge in [0.25, 0.3) is 0 Å². The molecule has 3 fully saturated rings. The van der Waals surface area contributed by atoms with E-state index in [1.54, 1.807) is 7.11 Å². The Balaban J connectivity index is 1.64. The van der Waals surface area contributed by atoms with Crippen LogP contribution in [0.2, 0.25) is 0 Å². The van der Waals surface area contributed by atoms with E-state index in [1.165, 1.54) is 36.7 Å². The minimum absolute atomic E-state index is 0.535.